The summed E-state index contributed by atoms with van der Waals surface area (Å²) < 4.78 is 22.6. The summed E-state index contributed by atoms with van der Waals surface area (Å²) in [6.45, 7) is 0.392. The van der Waals surface area contributed by atoms with Gasteiger partial charge in [0.1, 0.15) is 23.1 Å². The van der Waals surface area contributed by atoms with E-state index in [4.69, 9.17) is 4.74 Å². The number of H-pyrrole nitrogens is 1. The van der Waals surface area contributed by atoms with Crippen molar-refractivity contribution in [2.75, 3.05) is 19.0 Å². The molecular formula is C27H21FN4O4. The Morgan fingerprint density at radius 3 is 2.86 bits per heavy atom. The van der Waals surface area contributed by atoms with Gasteiger partial charge in [-0.3, -0.25) is 4.79 Å². The van der Waals surface area contributed by atoms with Crippen LogP contribution >= 0.6 is 0 Å². The zero-order valence-electron chi connectivity index (χ0n) is 19.3. The molecular weight excluding hydrogens is 463 g/mol. The van der Waals surface area contributed by atoms with Crippen LogP contribution in [-0.4, -0.2) is 39.3 Å². The second kappa shape index (κ2) is 8.23. The number of carbonyl (C=O) groups is 1. The number of aromatic carboxylic acids is 1. The summed E-state index contributed by atoms with van der Waals surface area (Å²) in [6, 6.07) is 13.9. The van der Waals surface area contributed by atoms with Crippen molar-refractivity contribution in [1.82, 2.24) is 14.5 Å². The van der Waals surface area contributed by atoms with E-state index in [2.05, 4.69) is 15.3 Å². The molecule has 0 atom stereocenters. The van der Waals surface area contributed by atoms with Gasteiger partial charge in [0, 0.05) is 42.7 Å². The molecule has 1 aliphatic rings. The van der Waals surface area contributed by atoms with Crippen LogP contribution in [0.5, 0.6) is 5.75 Å². The minimum atomic E-state index is -1.23. The van der Waals surface area contributed by atoms with Crippen molar-refractivity contribution in [3.05, 3.63) is 87.7 Å². The van der Waals surface area contributed by atoms with Gasteiger partial charge >= 0.3 is 5.97 Å². The third kappa shape index (κ3) is 3.24. The lowest BCUT2D eigenvalue weighted by Gasteiger charge is -2.13. The smallest absolute Gasteiger partial charge is 0.353 e. The van der Waals surface area contributed by atoms with Crippen molar-refractivity contribution >= 4 is 33.6 Å². The first-order valence-corrected chi connectivity index (χ1v) is 11.5. The number of nitrogens with zero attached hydrogens (tertiary/aromatic N) is 2. The third-order valence-corrected chi connectivity index (χ3v) is 6.63. The normalized spacial score (nSPS) is 12.6. The quantitative estimate of drug-likeness (QED) is 0.341. The number of fused-ring (bicyclic) bond motifs is 4. The molecule has 0 bridgehead atoms. The van der Waals surface area contributed by atoms with Gasteiger partial charge in [-0.1, -0.05) is 18.2 Å². The lowest BCUT2D eigenvalue weighted by molar-refractivity contribution is 0.0687. The Bertz CT molecular complexity index is 1760. The molecule has 2 aromatic carbocycles. The number of halogens is 1. The second-order valence-corrected chi connectivity index (χ2v) is 8.62. The summed E-state index contributed by atoms with van der Waals surface area (Å²) >= 11 is 0. The second-order valence-electron chi connectivity index (χ2n) is 8.62. The number of aromatic nitrogens is 3. The van der Waals surface area contributed by atoms with Crippen LogP contribution in [0.25, 0.3) is 32.9 Å². The molecule has 0 fully saturated rings. The van der Waals surface area contributed by atoms with E-state index in [1.54, 1.807) is 23.7 Å². The molecule has 1 aliphatic heterocycles. The van der Waals surface area contributed by atoms with Gasteiger partial charge in [0.25, 0.3) is 5.56 Å². The third-order valence-electron chi connectivity index (χ3n) is 6.63. The maximum absolute atomic E-state index is 15.2. The Labute approximate surface area is 204 Å². The number of benzene rings is 2. The number of carboxylic acids is 1. The summed E-state index contributed by atoms with van der Waals surface area (Å²) in [6.07, 6.45) is 1.85. The van der Waals surface area contributed by atoms with E-state index in [9.17, 15) is 14.7 Å². The highest BCUT2D eigenvalue weighted by molar-refractivity contribution is 6.11. The van der Waals surface area contributed by atoms with Crippen LogP contribution in [-0.2, 0) is 13.0 Å². The molecule has 36 heavy (non-hydrogen) atoms. The van der Waals surface area contributed by atoms with Gasteiger partial charge in [0.05, 0.1) is 28.6 Å². The first-order valence-electron chi connectivity index (χ1n) is 11.5. The summed E-state index contributed by atoms with van der Waals surface area (Å²) in [7, 11) is 1.75. The maximum atomic E-state index is 15.2. The average molecular weight is 484 g/mol. The molecule has 0 amide bonds. The van der Waals surface area contributed by atoms with Crippen molar-refractivity contribution in [2.45, 2.75) is 13.0 Å². The Hall–Kier alpha value is -4.66. The number of para-hydroxylation sites is 1. The number of nitrogens with one attached hydrogen (secondary N) is 2. The van der Waals surface area contributed by atoms with Gasteiger partial charge in [-0.25, -0.2) is 14.2 Å². The van der Waals surface area contributed by atoms with Crippen molar-refractivity contribution in [3.63, 3.8) is 0 Å². The molecule has 9 heteroatoms. The van der Waals surface area contributed by atoms with Gasteiger partial charge in [-0.05, 0) is 35.9 Å². The fourth-order valence-electron chi connectivity index (χ4n) is 5.07. The van der Waals surface area contributed by atoms with Crippen molar-refractivity contribution < 1.29 is 19.0 Å². The Morgan fingerprint density at radius 1 is 1.25 bits per heavy atom. The molecule has 0 radical (unpaired) electrons. The van der Waals surface area contributed by atoms with Gasteiger partial charge < -0.3 is 24.7 Å². The number of pyridine rings is 2. The maximum Gasteiger partial charge on any atom is 0.353 e. The SMILES string of the molecule is CNc1cc(Cn2c(C(=O)O)c(-c3ccc[nH]c3=O)c3c4c(c(F)cc32)CCO4)c2ccccc2n1. The zero-order chi connectivity index (χ0) is 25.0. The molecule has 5 aromatic rings. The van der Waals surface area contributed by atoms with Crippen LogP contribution in [0.1, 0.15) is 21.6 Å². The molecule has 6 rings (SSSR count). The standard InChI is InChI=1S/C27H21FN4O4/c1-29-21-11-14(15-5-2-3-7-19(15)31-21)13-32-20-12-18(28)16-8-10-36-25(16)23(20)22(24(32)27(34)35)17-6-4-9-30-26(17)33/h2-7,9,11-12H,8,10,13H2,1H3,(H,29,31)(H,30,33)(H,34,35). The van der Waals surface area contributed by atoms with E-state index in [0.717, 1.165) is 16.5 Å². The number of ether oxygens (including phenoxy) is 1. The Kier molecular flexibility index (Phi) is 4.99. The Balaban J connectivity index is 1.73. The predicted molar refractivity (Wildman–Crippen MR) is 135 cm³/mol. The molecule has 180 valence electrons. The van der Waals surface area contributed by atoms with E-state index in [1.165, 1.54) is 12.3 Å². The molecule has 0 saturated carbocycles. The van der Waals surface area contributed by atoms with Crippen LogP contribution in [0.4, 0.5) is 10.2 Å². The average Bonchev–Trinajstić information content (AvgIpc) is 3.48. The van der Waals surface area contributed by atoms with Crippen molar-refractivity contribution in [2.24, 2.45) is 0 Å². The monoisotopic (exact) mass is 484 g/mol. The van der Waals surface area contributed by atoms with Gasteiger partial charge in [0.2, 0.25) is 0 Å². The zero-order valence-corrected chi connectivity index (χ0v) is 19.3. The topological polar surface area (TPSA) is 109 Å². The summed E-state index contributed by atoms with van der Waals surface area (Å²) in [5, 5.41) is 14.7. The molecule has 8 nitrogen and oxygen atoms in total. The summed E-state index contributed by atoms with van der Waals surface area (Å²) in [5.41, 5.74) is 2.09. The minimum absolute atomic E-state index is 0.110. The largest absolute Gasteiger partial charge is 0.492 e. The van der Waals surface area contributed by atoms with Gasteiger partial charge in [-0.2, -0.15) is 0 Å². The van der Waals surface area contributed by atoms with Crippen molar-refractivity contribution in [1.29, 1.82) is 0 Å². The number of hydrogen-bond acceptors (Lipinski definition) is 5. The lowest BCUT2D eigenvalue weighted by atomic mass is 10.00. The van der Waals surface area contributed by atoms with E-state index >= 15 is 4.39 Å². The number of rotatable bonds is 5. The van der Waals surface area contributed by atoms with Crippen molar-refractivity contribution in [3.8, 4) is 16.9 Å². The summed E-state index contributed by atoms with van der Waals surface area (Å²) in [5.74, 6) is -0.786. The molecule has 0 spiro atoms. The highest BCUT2D eigenvalue weighted by Gasteiger charge is 2.32. The number of carboxylic acid groups (broad SMARTS) is 1. The molecule has 0 saturated heterocycles. The van der Waals surface area contributed by atoms with E-state index in [1.807, 2.05) is 30.3 Å². The van der Waals surface area contributed by atoms with Crippen LogP contribution in [0, 0.1) is 5.82 Å². The Morgan fingerprint density at radius 2 is 2.08 bits per heavy atom. The first kappa shape index (κ1) is 21.8. The predicted octanol–water partition coefficient (Wildman–Crippen LogP) is 4.41. The molecule has 3 aromatic heterocycles. The first-order chi connectivity index (χ1) is 17.5. The fourth-order valence-corrected chi connectivity index (χ4v) is 5.07. The fraction of sp³-hybridized carbons (Fsp3) is 0.148. The summed E-state index contributed by atoms with van der Waals surface area (Å²) in [4.78, 5) is 32.8. The van der Waals surface area contributed by atoms with E-state index < -0.39 is 17.3 Å². The minimum Gasteiger partial charge on any atom is -0.492 e. The van der Waals surface area contributed by atoms with E-state index in [0.29, 0.717) is 34.5 Å². The number of aromatic amines is 1. The number of hydrogen-bond donors (Lipinski definition) is 3. The lowest BCUT2D eigenvalue weighted by Crippen LogP contribution is -2.14. The van der Waals surface area contributed by atoms with Gasteiger partial charge in [0.15, 0.2) is 0 Å². The molecule has 0 aliphatic carbocycles. The van der Waals surface area contributed by atoms with Crippen LogP contribution < -0.4 is 15.6 Å². The number of anilines is 1. The van der Waals surface area contributed by atoms with Crippen LogP contribution in [0.2, 0.25) is 0 Å². The highest BCUT2D eigenvalue weighted by Crippen LogP contribution is 2.44. The molecule has 4 heterocycles. The van der Waals surface area contributed by atoms with Crippen LogP contribution in [0.3, 0.4) is 0 Å². The molecule has 0 unspecified atom stereocenters. The van der Waals surface area contributed by atoms with Gasteiger partial charge in [-0.15, -0.1) is 0 Å². The highest BCUT2D eigenvalue weighted by atomic mass is 19.1. The van der Waals surface area contributed by atoms with Crippen LogP contribution in [0.15, 0.2) is 59.5 Å². The molecule has 3 N–H and O–H groups in total. The van der Waals surface area contributed by atoms with E-state index in [-0.39, 0.29) is 30.0 Å².